The molecule has 0 aliphatic heterocycles. The van der Waals surface area contributed by atoms with E-state index >= 15 is 0 Å². The standard InChI is InChI=1S/C18H19Cl2N3O2/c1-2-3-4-8-22-17(24)12-9-13(11-21-10-12)18(25)23-16-14(19)6-5-7-15(16)20/h5-7,9-11H,2-4,8H2,1H3,(H,22,24)(H,23,25). The molecule has 5 nitrogen and oxygen atoms in total. The summed E-state index contributed by atoms with van der Waals surface area (Å²) in [7, 11) is 0. The summed E-state index contributed by atoms with van der Waals surface area (Å²) in [4.78, 5) is 28.5. The third kappa shape index (κ3) is 5.44. The van der Waals surface area contributed by atoms with Crippen molar-refractivity contribution in [2.75, 3.05) is 11.9 Å². The fraction of sp³-hybridized carbons (Fsp3) is 0.278. The maximum Gasteiger partial charge on any atom is 0.257 e. The molecule has 0 unspecified atom stereocenters. The van der Waals surface area contributed by atoms with Gasteiger partial charge in [-0.05, 0) is 24.6 Å². The Balaban J connectivity index is 2.07. The number of hydrogen-bond donors (Lipinski definition) is 2. The molecule has 2 N–H and O–H groups in total. The highest BCUT2D eigenvalue weighted by atomic mass is 35.5. The molecule has 7 heteroatoms. The van der Waals surface area contributed by atoms with Crippen LogP contribution in [0.15, 0.2) is 36.7 Å². The van der Waals surface area contributed by atoms with Crippen LogP contribution in [0.4, 0.5) is 5.69 Å². The van der Waals surface area contributed by atoms with Gasteiger partial charge < -0.3 is 10.6 Å². The number of nitrogens with one attached hydrogen (secondary N) is 2. The van der Waals surface area contributed by atoms with Gasteiger partial charge in [-0.15, -0.1) is 0 Å². The van der Waals surface area contributed by atoms with E-state index < -0.39 is 5.91 Å². The Kier molecular flexibility index (Phi) is 7.22. The van der Waals surface area contributed by atoms with Gasteiger partial charge in [0.05, 0.1) is 26.9 Å². The molecule has 0 aliphatic rings. The highest BCUT2D eigenvalue weighted by Gasteiger charge is 2.14. The van der Waals surface area contributed by atoms with Crippen LogP contribution < -0.4 is 10.6 Å². The highest BCUT2D eigenvalue weighted by molar-refractivity contribution is 6.40. The zero-order valence-electron chi connectivity index (χ0n) is 13.8. The summed E-state index contributed by atoms with van der Waals surface area (Å²) in [6, 6.07) is 6.43. The topological polar surface area (TPSA) is 71.1 Å². The molecular weight excluding hydrogens is 361 g/mol. The monoisotopic (exact) mass is 379 g/mol. The number of anilines is 1. The van der Waals surface area contributed by atoms with Gasteiger partial charge in [-0.1, -0.05) is 49.0 Å². The summed E-state index contributed by atoms with van der Waals surface area (Å²) >= 11 is 12.1. The van der Waals surface area contributed by atoms with E-state index in [4.69, 9.17) is 23.2 Å². The van der Waals surface area contributed by atoms with E-state index in [2.05, 4.69) is 22.5 Å². The molecule has 0 radical (unpaired) electrons. The lowest BCUT2D eigenvalue weighted by Gasteiger charge is -2.10. The molecular formula is C18H19Cl2N3O2. The maximum absolute atomic E-state index is 12.4. The van der Waals surface area contributed by atoms with Gasteiger partial charge >= 0.3 is 0 Å². The zero-order valence-corrected chi connectivity index (χ0v) is 15.3. The van der Waals surface area contributed by atoms with Crippen LogP contribution in [-0.2, 0) is 0 Å². The van der Waals surface area contributed by atoms with Crippen molar-refractivity contribution in [2.24, 2.45) is 0 Å². The summed E-state index contributed by atoms with van der Waals surface area (Å²) in [5.74, 6) is -0.697. The lowest BCUT2D eigenvalue weighted by atomic mass is 10.1. The molecule has 2 aromatic rings. The van der Waals surface area contributed by atoms with Gasteiger partial charge in [0.1, 0.15) is 0 Å². The van der Waals surface area contributed by atoms with Crippen LogP contribution in [0.1, 0.15) is 46.9 Å². The number of para-hydroxylation sites is 1. The second kappa shape index (κ2) is 9.39. The average Bonchev–Trinajstić information content (AvgIpc) is 2.61. The number of hydrogen-bond acceptors (Lipinski definition) is 3. The summed E-state index contributed by atoms with van der Waals surface area (Å²) in [5.41, 5.74) is 0.900. The number of aromatic nitrogens is 1. The van der Waals surface area contributed by atoms with Crippen LogP contribution in [0.3, 0.4) is 0 Å². The number of pyridine rings is 1. The maximum atomic E-state index is 12.4. The Hall–Kier alpha value is -2.11. The number of carbonyl (C=O) groups is 2. The van der Waals surface area contributed by atoms with E-state index in [-0.39, 0.29) is 11.5 Å². The second-order valence-corrected chi connectivity index (χ2v) is 6.29. The molecule has 0 saturated carbocycles. The predicted molar refractivity (Wildman–Crippen MR) is 101 cm³/mol. The number of benzene rings is 1. The van der Waals surface area contributed by atoms with Crippen LogP contribution in [0.5, 0.6) is 0 Å². The molecule has 0 bridgehead atoms. The molecule has 2 amide bonds. The molecule has 0 spiro atoms. The van der Waals surface area contributed by atoms with E-state index in [1.54, 1.807) is 18.2 Å². The average molecular weight is 380 g/mol. The fourth-order valence-electron chi connectivity index (χ4n) is 2.17. The van der Waals surface area contributed by atoms with Gasteiger partial charge in [0.25, 0.3) is 11.8 Å². The van der Waals surface area contributed by atoms with Crippen LogP contribution in [0, 0.1) is 0 Å². The van der Waals surface area contributed by atoms with Crippen molar-refractivity contribution < 1.29 is 9.59 Å². The normalized spacial score (nSPS) is 10.4. The quantitative estimate of drug-likeness (QED) is 0.692. The van der Waals surface area contributed by atoms with Crippen LogP contribution in [-0.4, -0.2) is 23.3 Å². The van der Waals surface area contributed by atoms with Gasteiger partial charge in [0.15, 0.2) is 0 Å². The largest absolute Gasteiger partial charge is 0.352 e. The SMILES string of the molecule is CCCCCNC(=O)c1cncc(C(=O)Nc2c(Cl)cccc2Cl)c1. The summed E-state index contributed by atoms with van der Waals surface area (Å²) in [5, 5.41) is 6.13. The molecule has 1 aromatic carbocycles. The van der Waals surface area contributed by atoms with Crippen molar-refractivity contribution >= 4 is 40.7 Å². The second-order valence-electron chi connectivity index (χ2n) is 5.48. The van der Waals surface area contributed by atoms with Gasteiger partial charge in [0, 0.05) is 18.9 Å². The third-order valence-electron chi connectivity index (χ3n) is 3.53. The summed E-state index contributed by atoms with van der Waals surface area (Å²) in [6.45, 7) is 2.69. The minimum atomic E-state index is -0.442. The van der Waals surface area contributed by atoms with Crippen LogP contribution in [0.2, 0.25) is 10.0 Å². The third-order valence-corrected chi connectivity index (χ3v) is 4.16. The Morgan fingerprint density at radius 1 is 1.04 bits per heavy atom. The minimum Gasteiger partial charge on any atom is -0.352 e. The number of rotatable bonds is 7. The van der Waals surface area contributed by atoms with Crippen LogP contribution >= 0.6 is 23.2 Å². The lowest BCUT2D eigenvalue weighted by molar-refractivity contribution is 0.0952. The van der Waals surface area contributed by atoms with E-state index in [0.717, 1.165) is 19.3 Å². The Labute approximate surface area is 156 Å². The number of amides is 2. The van der Waals surface area contributed by atoms with Gasteiger partial charge in [-0.3, -0.25) is 14.6 Å². The molecule has 0 aliphatic carbocycles. The van der Waals surface area contributed by atoms with Gasteiger partial charge in [-0.2, -0.15) is 0 Å². The van der Waals surface area contributed by atoms with Crippen molar-refractivity contribution in [2.45, 2.75) is 26.2 Å². The molecule has 1 aromatic heterocycles. The molecule has 0 saturated heterocycles. The molecule has 25 heavy (non-hydrogen) atoms. The van der Waals surface area contributed by atoms with Crippen molar-refractivity contribution in [1.82, 2.24) is 10.3 Å². The van der Waals surface area contributed by atoms with Crippen LogP contribution in [0.25, 0.3) is 0 Å². The van der Waals surface area contributed by atoms with E-state index in [9.17, 15) is 9.59 Å². The van der Waals surface area contributed by atoms with Crippen molar-refractivity contribution in [3.05, 3.63) is 57.8 Å². The predicted octanol–water partition coefficient (Wildman–Crippen LogP) is 4.56. The first-order valence-electron chi connectivity index (χ1n) is 8.01. The first-order chi connectivity index (χ1) is 12.0. The number of carbonyl (C=O) groups excluding carboxylic acids is 2. The molecule has 132 valence electrons. The van der Waals surface area contributed by atoms with Crippen molar-refractivity contribution in [1.29, 1.82) is 0 Å². The van der Waals surface area contributed by atoms with Crippen molar-refractivity contribution in [3.8, 4) is 0 Å². The summed E-state index contributed by atoms with van der Waals surface area (Å²) in [6.07, 6.45) is 5.86. The Morgan fingerprint density at radius 3 is 2.32 bits per heavy atom. The Bertz CT molecular complexity index is 745. The van der Waals surface area contributed by atoms with E-state index in [0.29, 0.717) is 27.8 Å². The molecule has 1 heterocycles. The van der Waals surface area contributed by atoms with Gasteiger partial charge in [0.2, 0.25) is 0 Å². The molecule has 2 rings (SSSR count). The Morgan fingerprint density at radius 2 is 1.68 bits per heavy atom. The lowest BCUT2D eigenvalue weighted by Crippen LogP contribution is -2.25. The van der Waals surface area contributed by atoms with E-state index in [1.165, 1.54) is 18.5 Å². The summed E-state index contributed by atoms with van der Waals surface area (Å²) < 4.78 is 0. The van der Waals surface area contributed by atoms with E-state index in [1.807, 2.05) is 0 Å². The number of nitrogens with zero attached hydrogens (tertiary/aromatic N) is 1. The zero-order chi connectivity index (χ0) is 18.2. The minimum absolute atomic E-state index is 0.247. The first-order valence-corrected chi connectivity index (χ1v) is 8.77. The van der Waals surface area contributed by atoms with Crippen molar-refractivity contribution in [3.63, 3.8) is 0 Å². The highest BCUT2D eigenvalue weighted by Crippen LogP contribution is 2.30. The fourth-order valence-corrected chi connectivity index (χ4v) is 2.66. The number of halogens is 2. The smallest absolute Gasteiger partial charge is 0.257 e. The number of unbranched alkanes of at least 4 members (excludes halogenated alkanes) is 2. The first kappa shape index (κ1) is 19.2. The molecule has 0 fully saturated rings. The molecule has 0 atom stereocenters. The van der Waals surface area contributed by atoms with Gasteiger partial charge in [-0.25, -0.2) is 0 Å².